The largest absolute Gasteiger partial charge is 0.494 e. The third kappa shape index (κ3) is 2.22. The smallest absolute Gasteiger partial charge is 0.122 e. The summed E-state index contributed by atoms with van der Waals surface area (Å²) in [6.45, 7) is 4.75. The predicted molar refractivity (Wildman–Crippen MR) is 50.0 cm³/mol. The van der Waals surface area contributed by atoms with Gasteiger partial charge in [-0.15, -0.1) is 0 Å². The molecular weight excluding hydrogens is 204 g/mol. The van der Waals surface area contributed by atoms with Gasteiger partial charge < -0.3 is 4.74 Å². The normalized spacial score (nSPS) is 9.73. The molecule has 1 aromatic rings. The van der Waals surface area contributed by atoms with Gasteiger partial charge in [-0.2, -0.15) is 0 Å². The molecule has 0 saturated heterocycles. The second-order valence-electron chi connectivity index (χ2n) is 2.34. The molecular formula is C9H11BrO. The van der Waals surface area contributed by atoms with Crippen LogP contribution in [0.25, 0.3) is 0 Å². The molecule has 0 aliphatic heterocycles. The van der Waals surface area contributed by atoms with Crippen LogP contribution in [0.15, 0.2) is 22.7 Å². The third-order valence-corrected chi connectivity index (χ3v) is 1.93. The molecule has 11 heavy (non-hydrogen) atoms. The van der Waals surface area contributed by atoms with Crippen LogP contribution in [0, 0.1) is 6.92 Å². The maximum Gasteiger partial charge on any atom is 0.122 e. The van der Waals surface area contributed by atoms with E-state index in [4.69, 9.17) is 4.74 Å². The van der Waals surface area contributed by atoms with Crippen molar-refractivity contribution in [2.45, 2.75) is 13.8 Å². The first-order valence-corrected chi connectivity index (χ1v) is 4.42. The first-order chi connectivity index (χ1) is 5.24. The van der Waals surface area contributed by atoms with Crippen LogP contribution in [0.5, 0.6) is 5.75 Å². The van der Waals surface area contributed by atoms with Crippen LogP contribution >= 0.6 is 15.9 Å². The summed E-state index contributed by atoms with van der Waals surface area (Å²) in [5.41, 5.74) is 1.17. The van der Waals surface area contributed by atoms with Crippen molar-refractivity contribution in [1.82, 2.24) is 0 Å². The average molecular weight is 215 g/mol. The molecule has 1 rings (SSSR count). The molecule has 0 heterocycles. The monoisotopic (exact) mass is 214 g/mol. The van der Waals surface area contributed by atoms with Gasteiger partial charge in [0.1, 0.15) is 5.75 Å². The summed E-state index contributed by atoms with van der Waals surface area (Å²) in [4.78, 5) is 0. The Kier molecular flexibility index (Phi) is 2.94. The lowest BCUT2D eigenvalue weighted by Gasteiger charge is -2.05. The quantitative estimate of drug-likeness (QED) is 0.736. The molecule has 0 atom stereocenters. The van der Waals surface area contributed by atoms with Crippen molar-refractivity contribution >= 4 is 15.9 Å². The van der Waals surface area contributed by atoms with E-state index in [1.165, 1.54) is 5.56 Å². The van der Waals surface area contributed by atoms with Crippen molar-refractivity contribution in [1.29, 1.82) is 0 Å². The van der Waals surface area contributed by atoms with E-state index in [1.54, 1.807) is 0 Å². The lowest BCUT2D eigenvalue weighted by molar-refractivity contribution is 0.338. The Morgan fingerprint density at radius 3 is 2.73 bits per heavy atom. The molecule has 0 radical (unpaired) electrons. The van der Waals surface area contributed by atoms with Crippen molar-refractivity contribution in [3.63, 3.8) is 0 Å². The third-order valence-electron chi connectivity index (χ3n) is 1.44. The summed E-state index contributed by atoms with van der Waals surface area (Å²) in [5, 5.41) is 0. The van der Waals surface area contributed by atoms with Crippen molar-refractivity contribution in [2.75, 3.05) is 6.61 Å². The first-order valence-electron chi connectivity index (χ1n) is 3.63. The van der Waals surface area contributed by atoms with Gasteiger partial charge in [0.25, 0.3) is 0 Å². The maximum atomic E-state index is 5.37. The zero-order valence-electron chi connectivity index (χ0n) is 6.73. The highest BCUT2D eigenvalue weighted by Crippen LogP contribution is 2.21. The second kappa shape index (κ2) is 3.77. The minimum absolute atomic E-state index is 0.725. The number of rotatable bonds is 2. The molecule has 60 valence electrons. The summed E-state index contributed by atoms with van der Waals surface area (Å²) in [6, 6.07) is 6.01. The molecule has 0 saturated carbocycles. The standard InChI is InChI=1S/C9H11BrO/c1-3-11-9-5-4-8(10)6-7(9)2/h4-6H,3H2,1-2H3. The number of hydrogen-bond acceptors (Lipinski definition) is 1. The Balaban J connectivity index is 2.90. The number of benzene rings is 1. The fourth-order valence-electron chi connectivity index (χ4n) is 0.930. The highest BCUT2D eigenvalue weighted by Gasteiger charge is 1.97. The van der Waals surface area contributed by atoms with Gasteiger partial charge in [0.05, 0.1) is 6.61 Å². The van der Waals surface area contributed by atoms with E-state index in [0.29, 0.717) is 0 Å². The van der Waals surface area contributed by atoms with E-state index in [9.17, 15) is 0 Å². The van der Waals surface area contributed by atoms with Crippen molar-refractivity contribution in [2.24, 2.45) is 0 Å². The molecule has 0 aromatic heterocycles. The van der Waals surface area contributed by atoms with Crippen LogP contribution in [0.2, 0.25) is 0 Å². The SMILES string of the molecule is CCOc1ccc(Br)cc1C. The van der Waals surface area contributed by atoms with Crippen molar-refractivity contribution in [3.05, 3.63) is 28.2 Å². The lowest BCUT2D eigenvalue weighted by Crippen LogP contribution is -1.93. The molecule has 0 aliphatic carbocycles. The average Bonchev–Trinajstić information content (AvgIpc) is 1.95. The summed E-state index contributed by atoms with van der Waals surface area (Å²) < 4.78 is 6.47. The molecule has 0 amide bonds. The van der Waals surface area contributed by atoms with E-state index >= 15 is 0 Å². The fraction of sp³-hybridized carbons (Fsp3) is 0.333. The van der Waals surface area contributed by atoms with Gasteiger partial charge in [-0.1, -0.05) is 15.9 Å². The van der Waals surface area contributed by atoms with E-state index in [-0.39, 0.29) is 0 Å². The molecule has 0 N–H and O–H groups in total. The summed E-state index contributed by atoms with van der Waals surface area (Å²) in [6.07, 6.45) is 0. The van der Waals surface area contributed by atoms with E-state index < -0.39 is 0 Å². The van der Waals surface area contributed by atoms with Crippen LogP contribution in [0.3, 0.4) is 0 Å². The lowest BCUT2D eigenvalue weighted by atomic mass is 10.2. The summed E-state index contributed by atoms with van der Waals surface area (Å²) in [7, 11) is 0. The molecule has 0 spiro atoms. The summed E-state index contributed by atoms with van der Waals surface area (Å²) in [5.74, 6) is 0.968. The van der Waals surface area contributed by atoms with Gasteiger partial charge in [0.2, 0.25) is 0 Å². The molecule has 0 bridgehead atoms. The van der Waals surface area contributed by atoms with Crippen LogP contribution in [-0.2, 0) is 0 Å². The van der Waals surface area contributed by atoms with Gasteiger partial charge >= 0.3 is 0 Å². The zero-order chi connectivity index (χ0) is 8.27. The van der Waals surface area contributed by atoms with Gasteiger partial charge in [-0.05, 0) is 37.6 Å². The van der Waals surface area contributed by atoms with E-state index in [0.717, 1.165) is 16.8 Å². The molecule has 2 heteroatoms. The fourth-order valence-corrected chi connectivity index (χ4v) is 1.41. The van der Waals surface area contributed by atoms with E-state index in [2.05, 4.69) is 15.9 Å². The second-order valence-corrected chi connectivity index (χ2v) is 3.26. The Hall–Kier alpha value is -0.500. The van der Waals surface area contributed by atoms with Gasteiger partial charge in [0.15, 0.2) is 0 Å². The Morgan fingerprint density at radius 2 is 2.18 bits per heavy atom. The van der Waals surface area contributed by atoms with Gasteiger partial charge in [0, 0.05) is 4.47 Å². The molecule has 0 aliphatic rings. The highest BCUT2D eigenvalue weighted by atomic mass is 79.9. The van der Waals surface area contributed by atoms with Gasteiger partial charge in [-0.25, -0.2) is 0 Å². The van der Waals surface area contributed by atoms with Crippen LogP contribution in [0.1, 0.15) is 12.5 Å². The van der Waals surface area contributed by atoms with Crippen LogP contribution in [0.4, 0.5) is 0 Å². The van der Waals surface area contributed by atoms with Crippen molar-refractivity contribution < 1.29 is 4.74 Å². The zero-order valence-corrected chi connectivity index (χ0v) is 8.31. The summed E-state index contributed by atoms with van der Waals surface area (Å²) >= 11 is 3.39. The highest BCUT2D eigenvalue weighted by molar-refractivity contribution is 9.10. The van der Waals surface area contributed by atoms with Crippen molar-refractivity contribution in [3.8, 4) is 5.75 Å². The maximum absolute atomic E-state index is 5.37. The molecule has 1 aromatic carbocycles. The first kappa shape index (κ1) is 8.60. The number of aryl methyl sites for hydroxylation is 1. The Bertz CT molecular complexity index is 245. The van der Waals surface area contributed by atoms with E-state index in [1.807, 2.05) is 32.0 Å². The molecule has 0 fully saturated rings. The topological polar surface area (TPSA) is 9.23 Å². The van der Waals surface area contributed by atoms with Crippen LogP contribution < -0.4 is 4.74 Å². The molecule has 1 nitrogen and oxygen atoms in total. The Labute approximate surface area is 75.5 Å². The van der Waals surface area contributed by atoms with Gasteiger partial charge in [-0.3, -0.25) is 0 Å². The Morgan fingerprint density at radius 1 is 1.45 bits per heavy atom. The molecule has 0 unspecified atom stereocenters. The predicted octanol–water partition coefficient (Wildman–Crippen LogP) is 3.16. The number of halogens is 1. The number of ether oxygens (including phenoxy) is 1. The van der Waals surface area contributed by atoms with Crippen LogP contribution in [-0.4, -0.2) is 6.61 Å². The minimum atomic E-state index is 0.725. The minimum Gasteiger partial charge on any atom is -0.494 e. The number of hydrogen-bond donors (Lipinski definition) is 0.